The van der Waals surface area contributed by atoms with Crippen LogP contribution in [0.15, 0.2) is 66.4 Å². The summed E-state index contributed by atoms with van der Waals surface area (Å²) in [6.07, 6.45) is 5.36. The van der Waals surface area contributed by atoms with E-state index in [2.05, 4.69) is 80.3 Å². The SMILES string of the molecule is COc1ccc(C2(c3ccccc3)CCC=C(O[Si](C)(C)C)C2)cc1. The minimum atomic E-state index is -1.61. The number of hydrogen-bond acceptors (Lipinski definition) is 2. The van der Waals surface area contributed by atoms with Crippen molar-refractivity contribution in [1.82, 2.24) is 0 Å². The second-order valence-corrected chi connectivity index (χ2v) is 12.2. The molecule has 0 saturated carbocycles. The van der Waals surface area contributed by atoms with Crippen LogP contribution < -0.4 is 4.74 Å². The second kappa shape index (κ2) is 7.09. The lowest BCUT2D eigenvalue weighted by atomic mass is 9.67. The Hall–Kier alpha value is -2.00. The van der Waals surface area contributed by atoms with Crippen LogP contribution in [0.4, 0.5) is 0 Å². The molecule has 25 heavy (non-hydrogen) atoms. The zero-order chi connectivity index (χ0) is 17.9. The first-order chi connectivity index (χ1) is 11.9. The molecule has 3 rings (SSSR count). The molecule has 0 radical (unpaired) electrons. The quantitative estimate of drug-likeness (QED) is 0.624. The van der Waals surface area contributed by atoms with Crippen molar-refractivity contribution in [3.8, 4) is 5.75 Å². The van der Waals surface area contributed by atoms with Crippen molar-refractivity contribution < 1.29 is 9.16 Å². The molecule has 3 heteroatoms. The Bertz CT molecular complexity index is 729. The van der Waals surface area contributed by atoms with E-state index in [0.717, 1.165) is 30.8 Å². The van der Waals surface area contributed by atoms with Gasteiger partial charge in [0, 0.05) is 11.8 Å². The predicted molar refractivity (Wildman–Crippen MR) is 107 cm³/mol. The third-order valence-corrected chi connectivity index (χ3v) is 5.70. The molecule has 2 aromatic carbocycles. The monoisotopic (exact) mass is 352 g/mol. The lowest BCUT2D eigenvalue weighted by molar-refractivity contribution is 0.323. The van der Waals surface area contributed by atoms with Crippen molar-refractivity contribution in [3.63, 3.8) is 0 Å². The summed E-state index contributed by atoms with van der Waals surface area (Å²) in [6.45, 7) is 6.75. The van der Waals surface area contributed by atoms with Gasteiger partial charge in [0.15, 0.2) is 0 Å². The lowest BCUT2D eigenvalue weighted by Gasteiger charge is -2.40. The number of rotatable bonds is 5. The minimum Gasteiger partial charge on any atom is -0.548 e. The van der Waals surface area contributed by atoms with Gasteiger partial charge in [-0.25, -0.2) is 0 Å². The molecular weight excluding hydrogens is 324 g/mol. The summed E-state index contributed by atoms with van der Waals surface area (Å²) in [6, 6.07) is 19.4. The van der Waals surface area contributed by atoms with Gasteiger partial charge in [-0.3, -0.25) is 0 Å². The maximum Gasteiger partial charge on any atom is 0.241 e. The first kappa shape index (κ1) is 17.8. The molecule has 2 nitrogen and oxygen atoms in total. The molecule has 0 spiro atoms. The highest BCUT2D eigenvalue weighted by Gasteiger charge is 2.38. The summed E-state index contributed by atoms with van der Waals surface area (Å²) in [5.74, 6) is 2.06. The molecule has 0 fully saturated rings. The largest absolute Gasteiger partial charge is 0.548 e. The molecule has 1 unspecified atom stereocenters. The Labute approximate surface area is 152 Å². The highest BCUT2D eigenvalue weighted by Crippen LogP contribution is 2.45. The standard InChI is InChI=1S/C22H28O2Si/c1-23-20-14-12-19(13-15-20)22(18-9-6-5-7-10-18)16-8-11-21(17-22)24-25(2,3)4/h5-7,9-15H,8,16-17H2,1-4H3. The van der Waals surface area contributed by atoms with E-state index >= 15 is 0 Å². The van der Waals surface area contributed by atoms with Crippen LogP contribution in [0, 0.1) is 0 Å². The van der Waals surface area contributed by atoms with Gasteiger partial charge in [-0.2, -0.15) is 0 Å². The number of allylic oxidation sites excluding steroid dienone is 2. The topological polar surface area (TPSA) is 18.5 Å². The van der Waals surface area contributed by atoms with Crippen molar-refractivity contribution in [2.45, 2.75) is 44.3 Å². The normalized spacial score (nSPS) is 20.7. The summed E-state index contributed by atoms with van der Waals surface area (Å²) in [5.41, 5.74) is 2.67. The Morgan fingerprint density at radius 2 is 1.52 bits per heavy atom. The molecule has 1 aliphatic carbocycles. The molecule has 2 aromatic rings. The maximum atomic E-state index is 6.40. The number of ether oxygens (including phenoxy) is 1. The fraction of sp³-hybridized carbons (Fsp3) is 0.364. The molecule has 132 valence electrons. The van der Waals surface area contributed by atoms with Crippen LogP contribution in [-0.2, 0) is 9.84 Å². The van der Waals surface area contributed by atoms with Crippen LogP contribution in [0.2, 0.25) is 19.6 Å². The fourth-order valence-corrected chi connectivity index (χ4v) is 4.68. The summed E-state index contributed by atoms with van der Waals surface area (Å²) < 4.78 is 11.7. The zero-order valence-electron chi connectivity index (χ0n) is 15.7. The molecule has 1 aliphatic rings. The Morgan fingerprint density at radius 1 is 0.880 bits per heavy atom. The van der Waals surface area contributed by atoms with Crippen molar-refractivity contribution in [2.75, 3.05) is 7.11 Å². The summed E-state index contributed by atoms with van der Waals surface area (Å²) >= 11 is 0. The van der Waals surface area contributed by atoms with E-state index in [1.54, 1.807) is 7.11 Å². The molecule has 0 amide bonds. The average Bonchev–Trinajstić information content (AvgIpc) is 2.61. The second-order valence-electron chi connectivity index (χ2n) is 7.78. The molecule has 0 saturated heterocycles. The van der Waals surface area contributed by atoms with E-state index in [4.69, 9.17) is 9.16 Å². The van der Waals surface area contributed by atoms with Gasteiger partial charge in [0.25, 0.3) is 0 Å². The van der Waals surface area contributed by atoms with Gasteiger partial charge in [-0.05, 0) is 61.8 Å². The van der Waals surface area contributed by atoms with Crippen LogP contribution in [0.25, 0.3) is 0 Å². The van der Waals surface area contributed by atoms with E-state index in [1.165, 1.54) is 11.1 Å². The molecule has 0 aromatic heterocycles. The van der Waals surface area contributed by atoms with Gasteiger partial charge < -0.3 is 9.16 Å². The first-order valence-electron chi connectivity index (χ1n) is 9.01. The van der Waals surface area contributed by atoms with Gasteiger partial charge in [0.05, 0.1) is 12.9 Å². The van der Waals surface area contributed by atoms with Crippen LogP contribution in [0.3, 0.4) is 0 Å². The summed E-state index contributed by atoms with van der Waals surface area (Å²) in [5, 5.41) is 0. The van der Waals surface area contributed by atoms with Gasteiger partial charge in [-0.1, -0.05) is 42.5 Å². The molecule has 1 atom stereocenters. The highest BCUT2D eigenvalue weighted by atomic mass is 28.4. The molecular formula is C22H28O2Si. The van der Waals surface area contributed by atoms with Gasteiger partial charge in [0.1, 0.15) is 5.75 Å². The smallest absolute Gasteiger partial charge is 0.241 e. The minimum absolute atomic E-state index is 0.0305. The Morgan fingerprint density at radius 3 is 2.12 bits per heavy atom. The molecule has 0 aliphatic heterocycles. The van der Waals surface area contributed by atoms with E-state index in [0.29, 0.717) is 0 Å². The van der Waals surface area contributed by atoms with Gasteiger partial charge in [-0.15, -0.1) is 0 Å². The van der Waals surface area contributed by atoms with Gasteiger partial charge >= 0.3 is 0 Å². The summed E-state index contributed by atoms with van der Waals surface area (Å²) in [4.78, 5) is 0. The third-order valence-electron chi connectivity index (χ3n) is 4.83. The first-order valence-corrected chi connectivity index (χ1v) is 12.4. The van der Waals surface area contributed by atoms with E-state index in [1.807, 2.05) is 0 Å². The lowest BCUT2D eigenvalue weighted by Crippen LogP contribution is -2.34. The summed E-state index contributed by atoms with van der Waals surface area (Å²) in [7, 11) is 0.101. The Balaban J connectivity index is 2.03. The number of methoxy groups -OCH3 is 1. The van der Waals surface area contributed by atoms with Crippen molar-refractivity contribution in [2.24, 2.45) is 0 Å². The van der Waals surface area contributed by atoms with Crippen molar-refractivity contribution >= 4 is 8.32 Å². The molecule has 0 N–H and O–H groups in total. The number of benzene rings is 2. The molecule has 0 heterocycles. The van der Waals surface area contributed by atoms with Crippen LogP contribution in [0.1, 0.15) is 30.4 Å². The molecule has 0 bridgehead atoms. The average molecular weight is 353 g/mol. The Kier molecular flexibility index (Phi) is 5.05. The van der Waals surface area contributed by atoms with E-state index < -0.39 is 8.32 Å². The van der Waals surface area contributed by atoms with E-state index in [-0.39, 0.29) is 5.41 Å². The van der Waals surface area contributed by atoms with Crippen molar-refractivity contribution in [3.05, 3.63) is 77.6 Å². The van der Waals surface area contributed by atoms with Gasteiger partial charge in [0.2, 0.25) is 8.32 Å². The fourth-order valence-electron chi connectivity index (χ4n) is 3.74. The maximum absolute atomic E-state index is 6.40. The van der Waals surface area contributed by atoms with Crippen LogP contribution in [-0.4, -0.2) is 15.4 Å². The third kappa shape index (κ3) is 3.98. The predicted octanol–water partition coefficient (Wildman–Crippen LogP) is 5.90. The zero-order valence-corrected chi connectivity index (χ0v) is 16.7. The van der Waals surface area contributed by atoms with Crippen LogP contribution >= 0.6 is 0 Å². The van der Waals surface area contributed by atoms with Crippen molar-refractivity contribution in [1.29, 1.82) is 0 Å². The van der Waals surface area contributed by atoms with Crippen LogP contribution in [0.5, 0.6) is 5.75 Å². The van der Waals surface area contributed by atoms with E-state index in [9.17, 15) is 0 Å². The highest BCUT2D eigenvalue weighted by molar-refractivity contribution is 6.70. The number of hydrogen-bond donors (Lipinski definition) is 0.